The minimum atomic E-state index is -1.28. The number of alkyl carbamates (subject to hydrolysis) is 2. The van der Waals surface area contributed by atoms with Crippen LogP contribution < -0.4 is 26.6 Å². The molecular formula is C34H45N5O9S. The number of nitrogens with one attached hydrogen (secondary N) is 5. The highest BCUT2D eigenvalue weighted by molar-refractivity contribution is 7.99. The number of ether oxygens (including phenoxy) is 2. The number of carboxylic acids is 1. The fourth-order valence-electron chi connectivity index (χ4n) is 5.04. The number of fused-ring (bicyclic) bond motifs is 3. The van der Waals surface area contributed by atoms with Crippen LogP contribution in [0.15, 0.2) is 48.5 Å². The summed E-state index contributed by atoms with van der Waals surface area (Å²) in [4.78, 5) is 74.1. The van der Waals surface area contributed by atoms with Gasteiger partial charge in [-0.3, -0.25) is 14.4 Å². The molecule has 0 bridgehead atoms. The highest BCUT2D eigenvalue weighted by atomic mass is 32.2. The Kier molecular flexibility index (Phi) is 14.3. The Morgan fingerprint density at radius 2 is 1.45 bits per heavy atom. The smallest absolute Gasteiger partial charge is 0.407 e. The van der Waals surface area contributed by atoms with Crippen LogP contribution in [0.3, 0.4) is 0 Å². The van der Waals surface area contributed by atoms with Gasteiger partial charge < -0.3 is 41.2 Å². The molecule has 2 aromatic carbocycles. The number of carbonyl (C=O) groups excluding carboxylic acids is 5. The number of carbonyl (C=O) groups is 6. The molecule has 3 atom stereocenters. The molecule has 3 rings (SSSR count). The number of hydrogen-bond acceptors (Lipinski definition) is 9. The highest BCUT2D eigenvalue weighted by Gasteiger charge is 2.31. The Labute approximate surface area is 289 Å². The van der Waals surface area contributed by atoms with Gasteiger partial charge in [-0.15, -0.1) is 11.8 Å². The zero-order valence-corrected chi connectivity index (χ0v) is 29.1. The molecule has 0 spiro atoms. The zero-order chi connectivity index (χ0) is 36.1. The molecule has 15 heteroatoms. The van der Waals surface area contributed by atoms with E-state index in [1.54, 1.807) is 20.8 Å². The van der Waals surface area contributed by atoms with Gasteiger partial charge in [0.05, 0.1) is 5.88 Å². The van der Waals surface area contributed by atoms with E-state index in [0.717, 1.165) is 22.3 Å². The minimum absolute atomic E-state index is 0.00327. The van der Waals surface area contributed by atoms with Crippen molar-refractivity contribution in [3.63, 3.8) is 0 Å². The lowest BCUT2D eigenvalue weighted by Crippen LogP contribution is -2.55. The van der Waals surface area contributed by atoms with E-state index in [4.69, 9.17) is 9.47 Å². The SMILES string of the molecule is CC(=O)NCSCC(NC(=O)OCC1c2ccccc2-c2ccccc21)C(=O)NC(C)C(=O)NC(CCCNC(=O)OC(C)(C)C)C(=O)O. The van der Waals surface area contributed by atoms with Crippen molar-refractivity contribution in [2.24, 2.45) is 0 Å². The van der Waals surface area contributed by atoms with Crippen LogP contribution in [0.2, 0.25) is 0 Å². The van der Waals surface area contributed by atoms with Crippen molar-refractivity contribution >= 4 is 47.6 Å². The predicted molar refractivity (Wildman–Crippen MR) is 184 cm³/mol. The molecule has 14 nitrogen and oxygen atoms in total. The maximum absolute atomic E-state index is 13.3. The first-order valence-corrected chi connectivity index (χ1v) is 17.1. The first-order valence-electron chi connectivity index (χ1n) is 15.9. The Morgan fingerprint density at radius 3 is 2.02 bits per heavy atom. The molecule has 0 aliphatic heterocycles. The van der Waals surface area contributed by atoms with Crippen LogP contribution in [0.5, 0.6) is 0 Å². The van der Waals surface area contributed by atoms with Gasteiger partial charge >= 0.3 is 18.2 Å². The highest BCUT2D eigenvalue weighted by Crippen LogP contribution is 2.44. The van der Waals surface area contributed by atoms with Crippen molar-refractivity contribution in [1.82, 2.24) is 26.6 Å². The van der Waals surface area contributed by atoms with Crippen LogP contribution >= 0.6 is 11.8 Å². The van der Waals surface area contributed by atoms with E-state index in [1.165, 1.54) is 25.6 Å². The molecule has 1 aliphatic carbocycles. The monoisotopic (exact) mass is 699 g/mol. The van der Waals surface area contributed by atoms with Crippen molar-refractivity contribution in [2.45, 2.75) is 77.1 Å². The standard InChI is InChI=1S/C34H45N5O9S/c1-20(29(41)38-27(31(43)44)15-10-16-35-32(45)48-34(3,4)5)37-30(42)28(18-49-19-36-21(2)40)39-33(46)47-17-26-24-13-8-6-11-22(24)23-12-7-9-14-25(23)26/h6-9,11-14,20,26-28H,10,15-19H2,1-5H3,(H,35,45)(H,36,40)(H,37,42)(H,38,41)(H,39,46)(H,43,44). The number of aliphatic carboxylic acids is 1. The molecular weight excluding hydrogens is 654 g/mol. The van der Waals surface area contributed by atoms with Gasteiger partial charge in [-0.1, -0.05) is 48.5 Å². The van der Waals surface area contributed by atoms with E-state index >= 15 is 0 Å². The second-order valence-corrected chi connectivity index (χ2v) is 13.5. The van der Waals surface area contributed by atoms with Crippen LogP contribution in [0.4, 0.5) is 9.59 Å². The predicted octanol–water partition coefficient (Wildman–Crippen LogP) is 3.10. The van der Waals surface area contributed by atoms with Crippen molar-refractivity contribution in [3.05, 3.63) is 59.7 Å². The molecule has 0 radical (unpaired) electrons. The summed E-state index contributed by atoms with van der Waals surface area (Å²) >= 11 is 1.17. The third-order valence-electron chi connectivity index (χ3n) is 7.36. The van der Waals surface area contributed by atoms with E-state index < -0.39 is 53.7 Å². The lowest BCUT2D eigenvalue weighted by Gasteiger charge is -2.23. The number of thioether (sulfide) groups is 1. The fraction of sp³-hybridized carbons (Fsp3) is 0.471. The maximum atomic E-state index is 13.3. The lowest BCUT2D eigenvalue weighted by atomic mass is 9.98. The molecule has 3 unspecified atom stereocenters. The largest absolute Gasteiger partial charge is 0.480 e. The number of amides is 5. The van der Waals surface area contributed by atoms with Gasteiger partial charge in [0, 0.05) is 25.1 Å². The Balaban J connectivity index is 1.56. The van der Waals surface area contributed by atoms with Crippen LogP contribution in [0.25, 0.3) is 11.1 Å². The summed E-state index contributed by atoms with van der Waals surface area (Å²) in [6.07, 6.45) is -1.25. The number of hydrogen-bond donors (Lipinski definition) is 6. The molecule has 0 heterocycles. The van der Waals surface area contributed by atoms with E-state index in [0.29, 0.717) is 0 Å². The van der Waals surface area contributed by atoms with Gasteiger partial charge in [0.1, 0.15) is 30.3 Å². The van der Waals surface area contributed by atoms with Crippen LogP contribution in [-0.4, -0.2) is 89.5 Å². The molecule has 0 saturated heterocycles. The number of rotatable bonds is 16. The number of benzene rings is 2. The quantitative estimate of drug-likeness (QED) is 0.112. The Bertz CT molecular complexity index is 1470. The van der Waals surface area contributed by atoms with Crippen molar-refractivity contribution in [2.75, 3.05) is 24.8 Å². The summed E-state index contributed by atoms with van der Waals surface area (Å²) in [6, 6.07) is 12.1. The number of carboxylic acid groups (broad SMARTS) is 1. The van der Waals surface area contributed by atoms with E-state index in [2.05, 4.69) is 26.6 Å². The molecule has 2 aromatic rings. The first-order chi connectivity index (χ1) is 23.2. The van der Waals surface area contributed by atoms with Crippen LogP contribution in [-0.2, 0) is 28.7 Å². The fourth-order valence-corrected chi connectivity index (χ4v) is 5.93. The summed E-state index contributed by atoms with van der Waals surface area (Å²) in [5, 5.41) is 22.2. The zero-order valence-electron chi connectivity index (χ0n) is 28.3. The molecule has 266 valence electrons. The van der Waals surface area contributed by atoms with Gasteiger partial charge in [0.15, 0.2) is 0 Å². The van der Waals surface area contributed by atoms with Crippen molar-refractivity contribution in [3.8, 4) is 11.1 Å². The summed E-state index contributed by atoms with van der Waals surface area (Å²) in [5.41, 5.74) is 3.49. The second kappa shape index (κ2) is 18.1. The molecule has 49 heavy (non-hydrogen) atoms. The van der Waals surface area contributed by atoms with Gasteiger partial charge in [-0.2, -0.15) is 0 Å². The Morgan fingerprint density at radius 1 is 0.837 bits per heavy atom. The average molecular weight is 700 g/mol. The molecule has 6 N–H and O–H groups in total. The van der Waals surface area contributed by atoms with Crippen molar-refractivity contribution in [1.29, 1.82) is 0 Å². The third-order valence-corrected chi connectivity index (χ3v) is 8.28. The summed E-state index contributed by atoms with van der Waals surface area (Å²) in [6.45, 7) is 8.02. The first kappa shape index (κ1) is 38.7. The van der Waals surface area contributed by atoms with Gasteiger partial charge in [-0.05, 0) is 62.8 Å². The molecule has 5 amide bonds. The molecule has 0 fully saturated rings. The van der Waals surface area contributed by atoms with E-state index in [-0.39, 0.29) is 49.4 Å². The normalized spacial score (nSPS) is 13.8. The van der Waals surface area contributed by atoms with Crippen LogP contribution in [0.1, 0.15) is 64.5 Å². The Hall–Kier alpha value is -4.79. The molecule has 1 aliphatic rings. The van der Waals surface area contributed by atoms with E-state index in [9.17, 15) is 33.9 Å². The molecule has 0 aromatic heterocycles. The van der Waals surface area contributed by atoms with Gasteiger partial charge in [-0.25, -0.2) is 14.4 Å². The van der Waals surface area contributed by atoms with Gasteiger partial charge in [0.2, 0.25) is 17.7 Å². The van der Waals surface area contributed by atoms with Gasteiger partial charge in [0.25, 0.3) is 0 Å². The topological polar surface area (TPSA) is 201 Å². The lowest BCUT2D eigenvalue weighted by molar-refractivity contribution is -0.142. The summed E-state index contributed by atoms with van der Waals surface area (Å²) in [5.74, 6) is -3.01. The van der Waals surface area contributed by atoms with Crippen molar-refractivity contribution < 1.29 is 43.3 Å². The minimum Gasteiger partial charge on any atom is -0.480 e. The summed E-state index contributed by atoms with van der Waals surface area (Å²) < 4.78 is 10.7. The van der Waals surface area contributed by atoms with E-state index in [1.807, 2.05) is 48.5 Å². The average Bonchev–Trinajstić information content (AvgIpc) is 3.35. The second-order valence-electron chi connectivity index (χ2n) is 12.5. The summed E-state index contributed by atoms with van der Waals surface area (Å²) in [7, 11) is 0. The molecule has 0 saturated carbocycles. The maximum Gasteiger partial charge on any atom is 0.407 e. The van der Waals surface area contributed by atoms with Crippen LogP contribution in [0, 0.1) is 0 Å². The third kappa shape index (κ3) is 12.3.